The zero-order valence-electron chi connectivity index (χ0n) is 52.9. The Hall–Kier alpha value is -6.77. The second-order valence-electron chi connectivity index (χ2n) is 23.7. The van der Waals surface area contributed by atoms with Crippen molar-refractivity contribution in [2.24, 2.45) is 44.6 Å². The van der Waals surface area contributed by atoms with Gasteiger partial charge in [0.05, 0.1) is 67.5 Å². The summed E-state index contributed by atoms with van der Waals surface area (Å²) in [4.78, 5) is 58.5. The molecule has 0 spiro atoms. The molecule has 5 aliphatic heterocycles. The molecule has 0 radical (unpaired) electrons. The molecule has 8 bridgehead atoms. The molecule has 7 rings (SSSR count). The maximum atomic E-state index is 15.0. The number of benzene rings is 2. The van der Waals surface area contributed by atoms with Crippen LogP contribution in [0.5, 0.6) is 11.5 Å². The molecular formula is C71H92MgN6O7+2. The summed E-state index contributed by atoms with van der Waals surface area (Å²) in [5, 5.41) is 10.5. The molecule has 4 atom stereocenters. The Balaban J connectivity index is 0.0000116. The molecule has 2 aromatic rings. The van der Waals surface area contributed by atoms with Gasteiger partial charge >= 0.3 is 35.0 Å². The standard InChI is InChI=1S/C71H92N6O7.Mg/c1-14-55-48(8)60-38-61-49(9)57(33-34-66(78)84-36-35-47(7)24-18-23-46(6)22-17-21-45(5)20-16-19-44(3)4)69(76-61)58(37-67(79)83-13)70-68(71(80)73-42-52-27-31-54(82-12)32-28-52)50(10)62(77-70)39-64-56(15-2)59(65(75-64)40-63(55)74-60)43-72-41-51-25-29-53(81-11)30-26-51;/h14,25-32,35,38-40,43-46,49,57,72,76H,1,15-24,33-34,36-37,41-42H2,2-13H3,(H,73,80);/q;+2/b47-35?,59-43+,61-38?,62-39?,63-40?,69-58?;. The molecule has 5 aliphatic rings. The third kappa shape index (κ3) is 18.1. The molecule has 0 aromatic heterocycles. The van der Waals surface area contributed by atoms with Crippen LogP contribution >= 0.6 is 0 Å². The number of carbonyl (C=O) groups excluding carboxylic acids is 3. The maximum absolute atomic E-state index is 15.0. The third-order valence-corrected chi connectivity index (χ3v) is 17.0. The van der Waals surface area contributed by atoms with Crippen LogP contribution in [0.4, 0.5) is 0 Å². The van der Waals surface area contributed by atoms with Gasteiger partial charge in [0, 0.05) is 65.7 Å². The molecule has 13 nitrogen and oxygen atoms in total. The molecule has 14 heteroatoms. The van der Waals surface area contributed by atoms with Crippen molar-refractivity contribution in [1.29, 1.82) is 0 Å². The van der Waals surface area contributed by atoms with Gasteiger partial charge in [0.1, 0.15) is 18.1 Å². The summed E-state index contributed by atoms with van der Waals surface area (Å²) in [6.45, 7) is 24.9. The molecule has 1 saturated heterocycles. The Morgan fingerprint density at radius 3 is 1.99 bits per heavy atom. The van der Waals surface area contributed by atoms with Crippen LogP contribution in [-0.4, -0.2) is 86.0 Å². The molecule has 85 heavy (non-hydrogen) atoms. The van der Waals surface area contributed by atoms with Crippen molar-refractivity contribution in [3.63, 3.8) is 0 Å². The molecule has 5 heterocycles. The monoisotopic (exact) mass is 1160 g/mol. The fourth-order valence-electron chi connectivity index (χ4n) is 11.7. The van der Waals surface area contributed by atoms with Crippen LogP contribution < -0.4 is 25.4 Å². The predicted octanol–water partition coefficient (Wildman–Crippen LogP) is 14.5. The number of allylic oxidation sites excluding steroid dienone is 11. The minimum Gasteiger partial charge on any atom is -0.497 e. The second kappa shape index (κ2) is 32.7. The van der Waals surface area contributed by atoms with Crippen molar-refractivity contribution in [3.05, 3.63) is 176 Å². The van der Waals surface area contributed by atoms with E-state index in [0.717, 1.165) is 75.3 Å². The van der Waals surface area contributed by atoms with Gasteiger partial charge in [-0.1, -0.05) is 129 Å². The third-order valence-electron chi connectivity index (χ3n) is 17.0. The summed E-state index contributed by atoms with van der Waals surface area (Å²) < 4.78 is 22.1. The van der Waals surface area contributed by atoms with Gasteiger partial charge in [-0.05, 0) is 141 Å². The van der Waals surface area contributed by atoms with Gasteiger partial charge in [-0.25, -0.2) is 15.0 Å². The van der Waals surface area contributed by atoms with Gasteiger partial charge in [0.15, 0.2) is 0 Å². The summed E-state index contributed by atoms with van der Waals surface area (Å²) in [6, 6.07) is 15.5. The topological polar surface area (TPSA) is 161 Å². The number of hydrogen-bond donors (Lipinski definition) is 3. The van der Waals surface area contributed by atoms with Crippen LogP contribution in [0, 0.1) is 29.6 Å². The molecule has 4 unspecified atom stereocenters. The molecular weight excluding hydrogens is 1070 g/mol. The van der Waals surface area contributed by atoms with Crippen molar-refractivity contribution < 1.29 is 33.3 Å². The van der Waals surface area contributed by atoms with Crippen LogP contribution in [0.1, 0.15) is 157 Å². The number of ether oxygens (including phenoxy) is 4. The Morgan fingerprint density at radius 2 is 1.38 bits per heavy atom. The fraction of sp³-hybridized carbons (Fsp3) is 0.465. The average Bonchev–Trinajstić information content (AvgIpc) is 1.95. The molecule has 1 amide bonds. The molecule has 1 fully saturated rings. The van der Waals surface area contributed by atoms with Crippen molar-refractivity contribution in [1.82, 2.24) is 16.0 Å². The summed E-state index contributed by atoms with van der Waals surface area (Å²) in [7, 11) is 4.63. The Labute approximate surface area is 523 Å². The van der Waals surface area contributed by atoms with E-state index in [1.165, 1.54) is 57.6 Å². The number of hydrogen-bond acceptors (Lipinski definition) is 12. The molecule has 2 aromatic carbocycles. The van der Waals surface area contributed by atoms with Crippen molar-refractivity contribution in [2.45, 2.75) is 159 Å². The second-order valence-corrected chi connectivity index (χ2v) is 23.7. The summed E-state index contributed by atoms with van der Waals surface area (Å²) in [6.07, 6.45) is 23.9. The smallest absolute Gasteiger partial charge is 0.497 e. The predicted molar refractivity (Wildman–Crippen MR) is 346 cm³/mol. The zero-order chi connectivity index (χ0) is 60.5. The van der Waals surface area contributed by atoms with E-state index < -0.39 is 5.97 Å². The minimum absolute atomic E-state index is 0. The number of methoxy groups -OCH3 is 3. The zero-order valence-corrected chi connectivity index (χ0v) is 54.3. The van der Waals surface area contributed by atoms with Gasteiger partial charge in [-0.3, -0.25) is 14.4 Å². The van der Waals surface area contributed by atoms with Crippen LogP contribution in [0.2, 0.25) is 0 Å². The van der Waals surface area contributed by atoms with Gasteiger partial charge in [-0.15, -0.1) is 0 Å². The SMILES string of the molecule is C=CC1=C(C)C2=NC1=CC1=NC(=C(CC)/C1=C\NCc1ccc(OC)cc1)C=C1N=C(C(CC(=O)OC)=C3NC(=C2)C(C)C3CCC(=O)OCC=C(C)CCCC(C)CCCC(C)CCCC(C)C)C(C(=O)NCc2ccc(OC)cc2)=C1C.[Mg+2]. The number of fused-ring (bicyclic) bond motifs is 5. The number of esters is 2. The maximum Gasteiger partial charge on any atom is 2.00 e. The number of amides is 1. The molecule has 0 saturated carbocycles. The van der Waals surface area contributed by atoms with E-state index >= 15 is 0 Å². The average molecular weight is 1170 g/mol. The first-order valence-corrected chi connectivity index (χ1v) is 30.5. The van der Waals surface area contributed by atoms with Crippen molar-refractivity contribution in [2.75, 3.05) is 27.9 Å². The first kappa shape index (κ1) is 67.4. The number of aliphatic imine (C=N–C) groups is 3. The van der Waals surface area contributed by atoms with E-state index in [4.69, 9.17) is 33.9 Å². The first-order chi connectivity index (χ1) is 40.4. The van der Waals surface area contributed by atoms with E-state index in [9.17, 15) is 14.4 Å². The van der Waals surface area contributed by atoms with E-state index in [1.54, 1.807) is 14.2 Å². The normalized spacial score (nSPS) is 18.7. The number of carbonyl (C=O) groups is 3. The van der Waals surface area contributed by atoms with E-state index in [1.807, 2.05) is 99.0 Å². The first-order valence-electron chi connectivity index (χ1n) is 30.5. The summed E-state index contributed by atoms with van der Waals surface area (Å²) in [5.41, 5.74) is 13.5. The van der Waals surface area contributed by atoms with Crippen LogP contribution in [0.3, 0.4) is 0 Å². The fourth-order valence-corrected chi connectivity index (χ4v) is 11.7. The van der Waals surface area contributed by atoms with E-state index in [0.29, 0.717) is 82.0 Å². The molecule has 3 N–H and O–H groups in total. The number of nitrogens with one attached hydrogen (secondary N) is 3. The van der Waals surface area contributed by atoms with E-state index in [-0.39, 0.29) is 72.8 Å². The Kier molecular flexibility index (Phi) is 25.9. The van der Waals surface area contributed by atoms with Crippen LogP contribution in [0.15, 0.2) is 180 Å². The van der Waals surface area contributed by atoms with Crippen molar-refractivity contribution in [3.8, 4) is 11.5 Å². The Morgan fingerprint density at radius 1 is 0.741 bits per heavy atom. The quantitative estimate of drug-likeness (QED) is 0.0409. The van der Waals surface area contributed by atoms with Gasteiger partial charge in [0.2, 0.25) is 0 Å². The van der Waals surface area contributed by atoms with Gasteiger partial charge in [-0.2, -0.15) is 0 Å². The van der Waals surface area contributed by atoms with E-state index in [2.05, 4.69) is 71.0 Å². The summed E-state index contributed by atoms with van der Waals surface area (Å²) in [5.74, 6) is 2.04. The minimum atomic E-state index is -0.510. The number of rotatable bonds is 29. The van der Waals surface area contributed by atoms with Crippen LogP contribution in [0.25, 0.3) is 0 Å². The van der Waals surface area contributed by atoms with Gasteiger partial charge < -0.3 is 34.9 Å². The number of nitrogens with zero attached hydrogens (tertiary/aromatic N) is 3. The van der Waals surface area contributed by atoms with Gasteiger partial charge in [0.25, 0.3) is 5.91 Å². The largest absolute Gasteiger partial charge is 2.00 e. The summed E-state index contributed by atoms with van der Waals surface area (Å²) >= 11 is 0. The van der Waals surface area contributed by atoms with Crippen molar-refractivity contribution >= 4 is 58.0 Å². The van der Waals surface area contributed by atoms with Crippen LogP contribution in [-0.2, 0) is 36.9 Å². The molecule has 0 aliphatic carbocycles. The molecule has 448 valence electrons. The Bertz CT molecular complexity index is 3160.